The average molecular weight is 383 g/mol. The lowest BCUT2D eigenvalue weighted by Crippen LogP contribution is -2.36. The molecule has 0 aliphatic heterocycles. The van der Waals surface area contributed by atoms with Crippen molar-refractivity contribution in [2.45, 2.75) is 38.8 Å². The lowest BCUT2D eigenvalue weighted by Gasteiger charge is -2.22. The Morgan fingerprint density at radius 3 is 2.85 bits per heavy atom. The Labute approximate surface area is 161 Å². The molecule has 0 radical (unpaired) electrons. The number of aryl methyl sites for hydroxylation is 1. The maximum absolute atomic E-state index is 12.7. The Morgan fingerprint density at radius 1 is 1.30 bits per heavy atom. The maximum atomic E-state index is 12.7. The van der Waals surface area contributed by atoms with Crippen molar-refractivity contribution in [3.63, 3.8) is 0 Å². The fourth-order valence-corrected chi connectivity index (χ4v) is 3.87. The number of carbonyl (C=O) groups excluding carboxylic acids is 1. The van der Waals surface area contributed by atoms with E-state index in [1.54, 1.807) is 17.4 Å². The summed E-state index contributed by atoms with van der Waals surface area (Å²) in [4.78, 5) is 26.3. The first-order chi connectivity index (χ1) is 13.1. The van der Waals surface area contributed by atoms with Crippen molar-refractivity contribution in [1.29, 1.82) is 0 Å². The second kappa shape index (κ2) is 7.56. The first kappa shape index (κ1) is 17.8. The third-order valence-electron chi connectivity index (χ3n) is 4.79. The summed E-state index contributed by atoms with van der Waals surface area (Å²) >= 11 is 1.64. The Bertz CT molecular complexity index is 1000. The molecule has 5 nitrogen and oxygen atoms in total. The fraction of sp³-hybridized carbons (Fsp3) is 0.333. The molecular weight excluding hydrogens is 362 g/mol. The summed E-state index contributed by atoms with van der Waals surface area (Å²) in [5.74, 6) is 0.506. The van der Waals surface area contributed by atoms with Crippen molar-refractivity contribution >= 4 is 28.2 Å². The van der Waals surface area contributed by atoms with E-state index in [1.165, 1.54) is 6.07 Å². The number of hydrogen-bond donors (Lipinski definition) is 0. The standard InChI is InChI=1S/C21H21NO4S/c1-2-15-9-21(24)26-19-10-17(5-6-18(15)19)25-12-20(23)22(16-3-4-16)11-14-7-8-27-13-14/h5-10,13,16H,2-4,11-12H2,1H3. The third-order valence-corrected chi connectivity index (χ3v) is 5.52. The minimum Gasteiger partial charge on any atom is -0.484 e. The van der Waals surface area contributed by atoms with Gasteiger partial charge in [0.1, 0.15) is 11.3 Å². The molecule has 1 aliphatic carbocycles. The van der Waals surface area contributed by atoms with E-state index >= 15 is 0 Å². The van der Waals surface area contributed by atoms with Crippen LogP contribution in [0.2, 0.25) is 0 Å². The molecule has 1 saturated carbocycles. The van der Waals surface area contributed by atoms with Gasteiger partial charge in [-0.1, -0.05) is 6.92 Å². The zero-order valence-corrected chi connectivity index (χ0v) is 16.0. The minimum absolute atomic E-state index is 0.0208. The number of benzene rings is 1. The van der Waals surface area contributed by atoms with Gasteiger partial charge >= 0.3 is 5.63 Å². The molecule has 0 unspecified atom stereocenters. The van der Waals surface area contributed by atoms with Crippen LogP contribution in [0.3, 0.4) is 0 Å². The molecule has 4 rings (SSSR count). The summed E-state index contributed by atoms with van der Waals surface area (Å²) < 4.78 is 11.0. The SMILES string of the molecule is CCc1cc(=O)oc2cc(OCC(=O)N(Cc3ccsc3)C3CC3)ccc12. The summed E-state index contributed by atoms with van der Waals surface area (Å²) in [7, 11) is 0. The molecule has 3 aromatic rings. The monoisotopic (exact) mass is 383 g/mol. The molecule has 0 N–H and O–H groups in total. The predicted molar refractivity (Wildman–Crippen MR) is 105 cm³/mol. The highest BCUT2D eigenvalue weighted by atomic mass is 32.1. The first-order valence-electron chi connectivity index (χ1n) is 9.14. The van der Waals surface area contributed by atoms with E-state index < -0.39 is 0 Å². The molecule has 2 aromatic heterocycles. The highest BCUT2D eigenvalue weighted by Gasteiger charge is 2.32. The lowest BCUT2D eigenvalue weighted by molar-refractivity contribution is -0.134. The number of rotatable bonds is 7. The quantitative estimate of drug-likeness (QED) is 0.579. The molecule has 1 aromatic carbocycles. The summed E-state index contributed by atoms with van der Waals surface area (Å²) in [6, 6.07) is 9.26. The van der Waals surface area contributed by atoms with Crippen LogP contribution in [0.5, 0.6) is 5.75 Å². The van der Waals surface area contributed by atoms with E-state index in [9.17, 15) is 9.59 Å². The van der Waals surface area contributed by atoms with Crippen molar-refractivity contribution in [3.8, 4) is 5.75 Å². The van der Waals surface area contributed by atoms with Gasteiger partial charge in [0.2, 0.25) is 0 Å². The topological polar surface area (TPSA) is 59.8 Å². The van der Waals surface area contributed by atoms with Gasteiger partial charge in [-0.15, -0.1) is 0 Å². The van der Waals surface area contributed by atoms with Crippen LogP contribution in [0.4, 0.5) is 0 Å². The number of hydrogen-bond acceptors (Lipinski definition) is 5. The van der Waals surface area contributed by atoms with Gasteiger partial charge in [0, 0.05) is 30.1 Å². The van der Waals surface area contributed by atoms with E-state index in [0.717, 1.165) is 35.8 Å². The molecule has 0 bridgehead atoms. The van der Waals surface area contributed by atoms with Crippen molar-refractivity contribution < 1.29 is 13.9 Å². The van der Waals surface area contributed by atoms with Gasteiger partial charge in [-0.3, -0.25) is 4.79 Å². The van der Waals surface area contributed by atoms with Crippen molar-refractivity contribution in [2.75, 3.05) is 6.61 Å². The zero-order valence-electron chi connectivity index (χ0n) is 15.1. The highest BCUT2D eigenvalue weighted by molar-refractivity contribution is 7.07. The number of amides is 1. The van der Waals surface area contributed by atoms with Gasteiger partial charge in [-0.2, -0.15) is 11.3 Å². The number of ether oxygens (including phenoxy) is 1. The first-order valence-corrected chi connectivity index (χ1v) is 10.1. The van der Waals surface area contributed by atoms with Gasteiger partial charge in [-0.05, 0) is 59.3 Å². The Morgan fingerprint density at radius 2 is 2.15 bits per heavy atom. The van der Waals surface area contributed by atoms with Crippen LogP contribution in [0.15, 0.2) is 50.3 Å². The molecule has 1 fully saturated rings. The van der Waals surface area contributed by atoms with Crippen LogP contribution in [-0.4, -0.2) is 23.5 Å². The summed E-state index contributed by atoms with van der Waals surface area (Å²) in [5.41, 5.74) is 2.21. The van der Waals surface area contributed by atoms with Crippen LogP contribution >= 0.6 is 11.3 Å². The number of nitrogens with zero attached hydrogens (tertiary/aromatic N) is 1. The van der Waals surface area contributed by atoms with Crippen LogP contribution in [0.1, 0.15) is 30.9 Å². The molecule has 140 valence electrons. The minimum atomic E-state index is -0.372. The number of carbonyl (C=O) groups is 1. The zero-order chi connectivity index (χ0) is 18.8. The Balaban J connectivity index is 1.47. The molecule has 1 aliphatic rings. The van der Waals surface area contributed by atoms with E-state index in [4.69, 9.17) is 9.15 Å². The second-order valence-corrected chi connectivity index (χ2v) is 7.56. The predicted octanol–water partition coefficient (Wildman–Crippen LogP) is 3.99. The fourth-order valence-electron chi connectivity index (χ4n) is 3.21. The van der Waals surface area contributed by atoms with Crippen molar-refractivity contribution in [1.82, 2.24) is 4.90 Å². The smallest absolute Gasteiger partial charge is 0.336 e. The maximum Gasteiger partial charge on any atom is 0.336 e. The molecule has 1 amide bonds. The Hall–Kier alpha value is -2.60. The van der Waals surface area contributed by atoms with Gasteiger partial charge in [0.25, 0.3) is 5.91 Å². The van der Waals surface area contributed by atoms with E-state index in [2.05, 4.69) is 5.38 Å². The number of thiophene rings is 1. The van der Waals surface area contributed by atoms with Gasteiger partial charge in [0.15, 0.2) is 6.61 Å². The summed E-state index contributed by atoms with van der Waals surface area (Å²) in [6.07, 6.45) is 2.85. The van der Waals surface area contributed by atoms with Crippen molar-refractivity contribution in [3.05, 3.63) is 62.6 Å². The summed E-state index contributed by atoms with van der Waals surface area (Å²) in [5, 5.41) is 4.99. The van der Waals surface area contributed by atoms with Gasteiger partial charge in [-0.25, -0.2) is 4.79 Å². The van der Waals surface area contributed by atoms with Gasteiger partial charge < -0.3 is 14.1 Å². The van der Waals surface area contributed by atoms with Crippen LogP contribution in [0, 0.1) is 0 Å². The van der Waals surface area contributed by atoms with E-state index in [-0.39, 0.29) is 18.1 Å². The van der Waals surface area contributed by atoms with Gasteiger partial charge in [0.05, 0.1) is 0 Å². The highest BCUT2D eigenvalue weighted by Crippen LogP contribution is 2.29. The Kier molecular flexibility index (Phi) is 4.99. The molecule has 0 saturated heterocycles. The molecular formula is C21H21NO4S. The molecule has 27 heavy (non-hydrogen) atoms. The lowest BCUT2D eigenvalue weighted by atomic mass is 10.1. The van der Waals surface area contributed by atoms with E-state index in [0.29, 0.717) is 23.9 Å². The molecule has 0 atom stereocenters. The van der Waals surface area contributed by atoms with Crippen LogP contribution in [-0.2, 0) is 17.8 Å². The van der Waals surface area contributed by atoms with Crippen molar-refractivity contribution in [2.24, 2.45) is 0 Å². The summed E-state index contributed by atoms with van der Waals surface area (Å²) in [6.45, 7) is 2.60. The molecule has 2 heterocycles. The van der Waals surface area contributed by atoms with E-state index in [1.807, 2.05) is 35.4 Å². The average Bonchev–Trinajstić information content (AvgIpc) is 3.38. The molecule has 0 spiro atoms. The van der Waals surface area contributed by atoms with Crippen LogP contribution in [0.25, 0.3) is 11.0 Å². The largest absolute Gasteiger partial charge is 0.484 e. The van der Waals surface area contributed by atoms with Crippen LogP contribution < -0.4 is 10.4 Å². The molecule has 6 heteroatoms. The second-order valence-electron chi connectivity index (χ2n) is 6.78. The normalized spacial score (nSPS) is 13.7. The number of fused-ring (bicyclic) bond motifs is 1. The third kappa shape index (κ3) is 4.06.